The maximum Gasteiger partial charge on any atom is 0.234 e. The fourth-order valence-corrected chi connectivity index (χ4v) is 2.10. The predicted octanol–water partition coefficient (Wildman–Crippen LogP) is 0.475. The average Bonchev–Trinajstić information content (AvgIpc) is 2.74. The van der Waals surface area contributed by atoms with Gasteiger partial charge in [0, 0.05) is 31.2 Å². The summed E-state index contributed by atoms with van der Waals surface area (Å²) in [6.45, 7) is 2.18. The van der Waals surface area contributed by atoms with Crippen LogP contribution in [0.15, 0.2) is 24.3 Å². The van der Waals surface area contributed by atoms with Crippen molar-refractivity contribution < 1.29 is 9.18 Å². The Balaban J connectivity index is 1.77. The van der Waals surface area contributed by atoms with Crippen molar-refractivity contribution in [3.05, 3.63) is 35.6 Å². The van der Waals surface area contributed by atoms with Crippen LogP contribution in [-0.4, -0.2) is 36.5 Å². The van der Waals surface area contributed by atoms with Gasteiger partial charge in [0.05, 0.1) is 6.54 Å². The van der Waals surface area contributed by atoms with E-state index < -0.39 is 0 Å². The number of amides is 1. The van der Waals surface area contributed by atoms with Gasteiger partial charge in [-0.2, -0.15) is 0 Å². The number of benzene rings is 1. The van der Waals surface area contributed by atoms with E-state index in [9.17, 15) is 9.18 Å². The topological polar surface area (TPSA) is 58.4 Å². The third-order valence-corrected chi connectivity index (χ3v) is 3.11. The molecule has 98 valence electrons. The molecule has 1 aliphatic heterocycles. The second kappa shape index (κ2) is 5.93. The molecule has 0 aliphatic carbocycles. The number of hydrogen-bond acceptors (Lipinski definition) is 3. The molecule has 3 N–H and O–H groups in total. The number of carbonyl (C=O) groups is 1. The predicted molar refractivity (Wildman–Crippen MR) is 67.3 cm³/mol. The molecular formula is C13H18FN3O. The minimum absolute atomic E-state index is 0.0904. The lowest BCUT2D eigenvalue weighted by Crippen LogP contribution is -2.37. The van der Waals surface area contributed by atoms with E-state index in [1.165, 1.54) is 6.07 Å². The Hall–Kier alpha value is -1.46. The fourth-order valence-electron chi connectivity index (χ4n) is 2.10. The molecule has 1 fully saturated rings. The van der Waals surface area contributed by atoms with Crippen molar-refractivity contribution in [1.29, 1.82) is 0 Å². The van der Waals surface area contributed by atoms with Crippen LogP contribution < -0.4 is 11.1 Å². The van der Waals surface area contributed by atoms with Crippen molar-refractivity contribution in [3.63, 3.8) is 0 Å². The second-order valence-corrected chi connectivity index (χ2v) is 4.65. The van der Waals surface area contributed by atoms with Gasteiger partial charge < -0.3 is 11.1 Å². The van der Waals surface area contributed by atoms with E-state index in [-0.39, 0.29) is 24.3 Å². The zero-order chi connectivity index (χ0) is 13.0. The molecule has 1 aliphatic rings. The maximum absolute atomic E-state index is 13.3. The summed E-state index contributed by atoms with van der Waals surface area (Å²) in [4.78, 5) is 13.7. The zero-order valence-electron chi connectivity index (χ0n) is 10.2. The van der Waals surface area contributed by atoms with Crippen LogP contribution in [0.4, 0.5) is 4.39 Å². The quantitative estimate of drug-likeness (QED) is 0.818. The Morgan fingerprint density at radius 1 is 1.50 bits per heavy atom. The number of nitrogens with two attached hydrogens (primary N) is 1. The number of nitrogens with zero attached hydrogens (tertiary/aromatic N) is 1. The molecule has 0 saturated carbocycles. The number of carbonyl (C=O) groups excluding carboxylic acids is 1. The first kappa shape index (κ1) is 13.0. The lowest BCUT2D eigenvalue weighted by molar-refractivity contribution is -0.122. The summed E-state index contributed by atoms with van der Waals surface area (Å²) in [7, 11) is 0. The van der Waals surface area contributed by atoms with Gasteiger partial charge in [0.1, 0.15) is 5.82 Å². The third-order valence-electron chi connectivity index (χ3n) is 3.11. The molecule has 1 unspecified atom stereocenters. The molecule has 4 nitrogen and oxygen atoms in total. The van der Waals surface area contributed by atoms with Crippen LogP contribution in [-0.2, 0) is 11.3 Å². The van der Waals surface area contributed by atoms with Gasteiger partial charge in [-0.3, -0.25) is 9.69 Å². The van der Waals surface area contributed by atoms with Gasteiger partial charge in [-0.15, -0.1) is 0 Å². The van der Waals surface area contributed by atoms with Gasteiger partial charge in [0.25, 0.3) is 0 Å². The highest BCUT2D eigenvalue weighted by Gasteiger charge is 2.20. The van der Waals surface area contributed by atoms with E-state index in [4.69, 9.17) is 5.73 Å². The van der Waals surface area contributed by atoms with Crippen molar-refractivity contribution in [2.24, 2.45) is 5.73 Å². The van der Waals surface area contributed by atoms with E-state index >= 15 is 0 Å². The van der Waals surface area contributed by atoms with Crippen LogP contribution >= 0.6 is 0 Å². The smallest absolute Gasteiger partial charge is 0.234 e. The first-order valence-corrected chi connectivity index (χ1v) is 6.13. The lowest BCUT2D eigenvalue weighted by atomic mass is 10.2. The molecule has 0 spiro atoms. The van der Waals surface area contributed by atoms with Crippen molar-refractivity contribution >= 4 is 5.91 Å². The minimum Gasteiger partial charge on any atom is -0.351 e. The maximum atomic E-state index is 13.3. The summed E-state index contributed by atoms with van der Waals surface area (Å²) < 4.78 is 13.3. The summed E-state index contributed by atoms with van der Waals surface area (Å²) in [5.74, 6) is -0.381. The molecule has 0 radical (unpaired) electrons. The Morgan fingerprint density at radius 2 is 2.28 bits per heavy atom. The molecule has 1 atom stereocenters. The SMILES string of the molecule is NC1CCN(CC(=O)NCc2ccccc2F)C1. The highest BCUT2D eigenvalue weighted by Crippen LogP contribution is 2.07. The summed E-state index contributed by atoms with van der Waals surface area (Å²) in [5.41, 5.74) is 6.27. The highest BCUT2D eigenvalue weighted by molar-refractivity contribution is 5.78. The first-order chi connectivity index (χ1) is 8.65. The molecule has 0 aromatic heterocycles. The van der Waals surface area contributed by atoms with E-state index in [0.29, 0.717) is 12.1 Å². The molecule has 1 heterocycles. The van der Waals surface area contributed by atoms with E-state index in [2.05, 4.69) is 5.32 Å². The number of halogens is 1. The standard InChI is InChI=1S/C13H18FN3O/c14-12-4-2-1-3-10(12)7-16-13(18)9-17-6-5-11(15)8-17/h1-4,11H,5-9,15H2,(H,16,18). The molecule has 2 rings (SSSR count). The van der Waals surface area contributed by atoms with E-state index in [1.54, 1.807) is 18.2 Å². The minimum atomic E-state index is -0.291. The normalized spacial score (nSPS) is 20.0. The number of likely N-dealkylation sites (tertiary alicyclic amines) is 1. The van der Waals surface area contributed by atoms with Crippen LogP contribution in [0, 0.1) is 5.82 Å². The Morgan fingerprint density at radius 3 is 2.94 bits per heavy atom. The number of rotatable bonds is 4. The molecule has 1 saturated heterocycles. The molecule has 1 aromatic carbocycles. The monoisotopic (exact) mass is 251 g/mol. The molecule has 1 amide bonds. The van der Waals surface area contributed by atoms with Gasteiger partial charge in [-0.25, -0.2) is 4.39 Å². The van der Waals surface area contributed by atoms with Crippen LogP contribution in [0.2, 0.25) is 0 Å². The van der Waals surface area contributed by atoms with Gasteiger partial charge in [0.2, 0.25) is 5.91 Å². The van der Waals surface area contributed by atoms with Crippen molar-refractivity contribution in [1.82, 2.24) is 10.2 Å². The van der Waals surface area contributed by atoms with Crippen LogP contribution in [0.5, 0.6) is 0 Å². The van der Waals surface area contributed by atoms with Crippen molar-refractivity contribution in [3.8, 4) is 0 Å². The van der Waals surface area contributed by atoms with Gasteiger partial charge in [-0.1, -0.05) is 18.2 Å². The Labute approximate surface area is 106 Å². The van der Waals surface area contributed by atoms with Gasteiger partial charge >= 0.3 is 0 Å². The second-order valence-electron chi connectivity index (χ2n) is 4.65. The van der Waals surface area contributed by atoms with Crippen LogP contribution in [0.3, 0.4) is 0 Å². The number of nitrogens with one attached hydrogen (secondary N) is 1. The molecule has 1 aromatic rings. The van der Waals surface area contributed by atoms with E-state index in [1.807, 2.05) is 4.90 Å². The molecular weight excluding hydrogens is 233 g/mol. The molecule has 18 heavy (non-hydrogen) atoms. The summed E-state index contributed by atoms with van der Waals surface area (Å²) >= 11 is 0. The number of hydrogen-bond donors (Lipinski definition) is 2. The van der Waals surface area contributed by atoms with Gasteiger partial charge in [0.15, 0.2) is 0 Å². The summed E-state index contributed by atoms with van der Waals surface area (Å²) in [6.07, 6.45) is 0.931. The molecule has 5 heteroatoms. The fraction of sp³-hybridized carbons (Fsp3) is 0.462. The first-order valence-electron chi connectivity index (χ1n) is 6.13. The Bertz CT molecular complexity index is 424. The summed E-state index contributed by atoms with van der Waals surface area (Å²) in [5, 5.41) is 2.72. The Kier molecular flexibility index (Phi) is 4.28. The van der Waals surface area contributed by atoms with Crippen molar-refractivity contribution in [2.75, 3.05) is 19.6 Å². The zero-order valence-corrected chi connectivity index (χ0v) is 10.2. The highest BCUT2D eigenvalue weighted by atomic mass is 19.1. The largest absolute Gasteiger partial charge is 0.351 e. The molecule has 0 bridgehead atoms. The van der Waals surface area contributed by atoms with Crippen LogP contribution in [0.1, 0.15) is 12.0 Å². The third kappa shape index (κ3) is 3.51. The van der Waals surface area contributed by atoms with Gasteiger partial charge in [-0.05, 0) is 12.5 Å². The van der Waals surface area contributed by atoms with E-state index in [0.717, 1.165) is 19.5 Å². The summed E-state index contributed by atoms with van der Waals surface area (Å²) in [6, 6.07) is 6.61. The average molecular weight is 251 g/mol. The van der Waals surface area contributed by atoms with Crippen LogP contribution in [0.25, 0.3) is 0 Å². The lowest BCUT2D eigenvalue weighted by Gasteiger charge is -2.14. The van der Waals surface area contributed by atoms with Crippen molar-refractivity contribution in [2.45, 2.75) is 19.0 Å².